The van der Waals surface area contributed by atoms with Crippen molar-refractivity contribution in [2.24, 2.45) is 5.92 Å². The monoisotopic (exact) mass is 292 g/mol. The van der Waals surface area contributed by atoms with E-state index < -0.39 is 0 Å². The van der Waals surface area contributed by atoms with Crippen LogP contribution in [0.3, 0.4) is 0 Å². The SMILES string of the molecule is COC(=O)CCCCCCCNC(=O)C1CNC1.Cl. The van der Waals surface area contributed by atoms with E-state index >= 15 is 0 Å². The van der Waals surface area contributed by atoms with Crippen molar-refractivity contribution in [2.45, 2.75) is 38.5 Å². The van der Waals surface area contributed by atoms with Gasteiger partial charge in [0.05, 0.1) is 13.0 Å². The molecule has 1 rings (SSSR count). The number of carbonyl (C=O) groups is 2. The van der Waals surface area contributed by atoms with E-state index in [0.29, 0.717) is 6.42 Å². The fourth-order valence-electron chi connectivity index (χ4n) is 1.86. The van der Waals surface area contributed by atoms with Crippen LogP contribution in [0.2, 0.25) is 0 Å². The van der Waals surface area contributed by atoms with Gasteiger partial charge in [-0.3, -0.25) is 9.59 Å². The third-order valence-electron chi connectivity index (χ3n) is 3.24. The first-order chi connectivity index (χ1) is 8.74. The van der Waals surface area contributed by atoms with Crippen molar-refractivity contribution < 1.29 is 14.3 Å². The lowest BCUT2D eigenvalue weighted by atomic mass is 10.0. The molecule has 0 atom stereocenters. The minimum atomic E-state index is -0.128. The lowest BCUT2D eigenvalue weighted by molar-refractivity contribution is -0.140. The Labute approximate surface area is 121 Å². The number of hydrogen-bond donors (Lipinski definition) is 2. The van der Waals surface area contributed by atoms with Gasteiger partial charge in [-0.15, -0.1) is 12.4 Å². The molecule has 5 nitrogen and oxygen atoms in total. The highest BCUT2D eigenvalue weighted by Crippen LogP contribution is 2.06. The van der Waals surface area contributed by atoms with Crippen LogP contribution in [0.5, 0.6) is 0 Å². The van der Waals surface area contributed by atoms with Crippen LogP contribution in [0.15, 0.2) is 0 Å². The Morgan fingerprint density at radius 1 is 1.16 bits per heavy atom. The van der Waals surface area contributed by atoms with E-state index in [2.05, 4.69) is 15.4 Å². The molecule has 112 valence electrons. The van der Waals surface area contributed by atoms with Crippen molar-refractivity contribution in [1.82, 2.24) is 10.6 Å². The Morgan fingerprint density at radius 3 is 2.37 bits per heavy atom. The van der Waals surface area contributed by atoms with Crippen molar-refractivity contribution in [2.75, 3.05) is 26.7 Å². The van der Waals surface area contributed by atoms with E-state index in [1.807, 2.05) is 0 Å². The highest BCUT2D eigenvalue weighted by Gasteiger charge is 2.23. The van der Waals surface area contributed by atoms with Crippen molar-refractivity contribution in [1.29, 1.82) is 0 Å². The molecule has 0 radical (unpaired) electrons. The van der Waals surface area contributed by atoms with Crippen molar-refractivity contribution in [3.8, 4) is 0 Å². The first-order valence-electron chi connectivity index (χ1n) is 6.79. The zero-order valence-corrected chi connectivity index (χ0v) is 12.4. The Kier molecular flexibility index (Phi) is 10.6. The van der Waals surface area contributed by atoms with E-state index in [0.717, 1.165) is 51.7 Å². The first-order valence-corrected chi connectivity index (χ1v) is 6.79. The standard InChI is InChI=1S/C13H24N2O3.ClH/c1-18-12(16)7-5-3-2-4-6-8-15-13(17)11-9-14-10-11;/h11,14H,2-10H2,1H3,(H,15,17);1H. The molecule has 1 fully saturated rings. The van der Waals surface area contributed by atoms with Gasteiger partial charge in [0, 0.05) is 26.1 Å². The smallest absolute Gasteiger partial charge is 0.305 e. The zero-order valence-electron chi connectivity index (χ0n) is 11.6. The molecular weight excluding hydrogens is 268 g/mol. The molecule has 0 spiro atoms. The van der Waals surface area contributed by atoms with Crippen LogP contribution in [-0.2, 0) is 14.3 Å². The predicted molar refractivity (Wildman–Crippen MR) is 76.3 cm³/mol. The second kappa shape index (κ2) is 11.1. The van der Waals surface area contributed by atoms with Gasteiger partial charge in [-0.1, -0.05) is 19.3 Å². The summed E-state index contributed by atoms with van der Waals surface area (Å²) in [6.45, 7) is 2.41. The molecule has 1 saturated heterocycles. The van der Waals surface area contributed by atoms with Gasteiger partial charge >= 0.3 is 5.97 Å². The number of rotatable bonds is 9. The van der Waals surface area contributed by atoms with Crippen LogP contribution in [-0.4, -0.2) is 38.6 Å². The number of esters is 1. The van der Waals surface area contributed by atoms with Crippen LogP contribution >= 0.6 is 12.4 Å². The van der Waals surface area contributed by atoms with Gasteiger partial charge in [-0.25, -0.2) is 0 Å². The number of hydrogen-bond acceptors (Lipinski definition) is 4. The Morgan fingerprint density at radius 2 is 1.79 bits per heavy atom. The molecule has 0 aromatic heterocycles. The first kappa shape index (κ1) is 18.2. The summed E-state index contributed by atoms with van der Waals surface area (Å²) in [4.78, 5) is 22.3. The second-order valence-corrected chi connectivity index (χ2v) is 4.74. The summed E-state index contributed by atoms with van der Waals surface area (Å²) in [5.41, 5.74) is 0. The summed E-state index contributed by atoms with van der Waals surface area (Å²) in [6.07, 6.45) is 5.69. The normalized spacial score (nSPS) is 14.2. The van der Waals surface area contributed by atoms with Crippen molar-refractivity contribution in [3.63, 3.8) is 0 Å². The molecule has 0 aliphatic carbocycles. The maximum absolute atomic E-state index is 11.5. The Hall–Kier alpha value is -0.810. The fraction of sp³-hybridized carbons (Fsp3) is 0.846. The number of ether oxygens (including phenoxy) is 1. The van der Waals surface area contributed by atoms with Gasteiger partial charge in [0.15, 0.2) is 0 Å². The molecule has 1 aliphatic rings. The lowest BCUT2D eigenvalue weighted by Gasteiger charge is -2.25. The van der Waals surface area contributed by atoms with Crippen LogP contribution in [0.1, 0.15) is 38.5 Å². The third kappa shape index (κ3) is 8.06. The second-order valence-electron chi connectivity index (χ2n) is 4.74. The fourth-order valence-corrected chi connectivity index (χ4v) is 1.86. The quantitative estimate of drug-likeness (QED) is 0.496. The number of unbranched alkanes of at least 4 members (excludes halogenated alkanes) is 4. The van der Waals surface area contributed by atoms with Crippen molar-refractivity contribution in [3.05, 3.63) is 0 Å². The molecule has 0 aromatic rings. The topological polar surface area (TPSA) is 67.4 Å². The highest BCUT2D eigenvalue weighted by molar-refractivity contribution is 5.85. The van der Waals surface area contributed by atoms with E-state index in [1.165, 1.54) is 7.11 Å². The van der Waals surface area contributed by atoms with Gasteiger partial charge < -0.3 is 15.4 Å². The molecule has 19 heavy (non-hydrogen) atoms. The number of nitrogens with one attached hydrogen (secondary N) is 2. The Bertz CT molecular complexity index is 271. The van der Waals surface area contributed by atoms with Crippen LogP contribution in [0, 0.1) is 5.92 Å². The Balaban J connectivity index is 0.00000324. The minimum Gasteiger partial charge on any atom is -0.469 e. The molecule has 0 saturated carbocycles. The summed E-state index contributed by atoms with van der Waals surface area (Å²) in [5.74, 6) is 0.237. The van der Waals surface area contributed by atoms with E-state index in [1.54, 1.807) is 0 Å². The molecule has 1 aliphatic heterocycles. The summed E-state index contributed by atoms with van der Waals surface area (Å²) in [6, 6.07) is 0. The van der Waals surface area contributed by atoms with E-state index in [9.17, 15) is 9.59 Å². The predicted octanol–water partition coefficient (Wildman–Crippen LogP) is 1.26. The van der Waals surface area contributed by atoms with E-state index in [4.69, 9.17) is 0 Å². The summed E-state index contributed by atoms with van der Waals surface area (Å²) in [5, 5.41) is 6.03. The number of halogens is 1. The average molecular weight is 293 g/mol. The third-order valence-corrected chi connectivity index (χ3v) is 3.24. The number of amides is 1. The molecule has 1 heterocycles. The van der Waals surface area contributed by atoms with Gasteiger partial charge in [-0.2, -0.15) is 0 Å². The molecule has 0 aromatic carbocycles. The molecule has 2 N–H and O–H groups in total. The molecule has 1 amide bonds. The maximum Gasteiger partial charge on any atom is 0.305 e. The average Bonchev–Trinajstić information content (AvgIpc) is 2.29. The van der Waals surface area contributed by atoms with E-state index in [-0.39, 0.29) is 30.2 Å². The summed E-state index contributed by atoms with van der Waals surface area (Å²) < 4.78 is 4.57. The zero-order chi connectivity index (χ0) is 13.2. The summed E-state index contributed by atoms with van der Waals surface area (Å²) >= 11 is 0. The van der Waals surface area contributed by atoms with Crippen LogP contribution in [0.25, 0.3) is 0 Å². The number of carbonyl (C=O) groups excluding carboxylic acids is 2. The summed E-state index contributed by atoms with van der Waals surface area (Å²) in [7, 11) is 1.42. The molecular formula is C13H25ClN2O3. The van der Waals surface area contributed by atoms with Gasteiger partial charge in [0.2, 0.25) is 5.91 Å². The molecule has 0 bridgehead atoms. The largest absolute Gasteiger partial charge is 0.469 e. The molecule has 0 unspecified atom stereocenters. The van der Waals surface area contributed by atoms with Crippen LogP contribution < -0.4 is 10.6 Å². The maximum atomic E-state index is 11.5. The number of methoxy groups -OCH3 is 1. The van der Waals surface area contributed by atoms with Gasteiger partial charge in [-0.05, 0) is 12.8 Å². The minimum absolute atomic E-state index is 0. The van der Waals surface area contributed by atoms with Crippen molar-refractivity contribution >= 4 is 24.3 Å². The lowest BCUT2D eigenvalue weighted by Crippen LogP contribution is -2.50. The van der Waals surface area contributed by atoms with Gasteiger partial charge in [0.1, 0.15) is 0 Å². The van der Waals surface area contributed by atoms with Gasteiger partial charge in [0.25, 0.3) is 0 Å². The van der Waals surface area contributed by atoms with Crippen LogP contribution in [0.4, 0.5) is 0 Å². The molecule has 6 heteroatoms. The highest BCUT2D eigenvalue weighted by atomic mass is 35.5.